The maximum Gasteiger partial charge on any atom is 0.255 e. The van der Waals surface area contributed by atoms with Crippen LogP contribution in [0.15, 0.2) is 40.9 Å². The van der Waals surface area contributed by atoms with E-state index < -0.39 is 0 Å². The third-order valence-electron chi connectivity index (χ3n) is 2.93. The minimum absolute atomic E-state index is 0.121. The predicted molar refractivity (Wildman–Crippen MR) is 91.4 cm³/mol. The van der Waals surface area contributed by atoms with Gasteiger partial charge in [-0.3, -0.25) is 4.79 Å². The molecule has 0 fully saturated rings. The van der Waals surface area contributed by atoms with E-state index in [1.807, 2.05) is 6.07 Å². The lowest BCUT2D eigenvalue weighted by atomic mass is 10.1. The van der Waals surface area contributed by atoms with Crippen molar-refractivity contribution in [1.82, 2.24) is 4.90 Å². The number of amides is 1. The monoisotopic (exact) mass is 405 g/mol. The average molecular weight is 408 g/mol. The van der Waals surface area contributed by atoms with Crippen LogP contribution in [0.25, 0.3) is 0 Å². The van der Waals surface area contributed by atoms with E-state index in [2.05, 4.69) is 15.9 Å². The van der Waals surface area contributed by atoms with E-state index in [1.54, 1.807) is 42.3 Å². The van der Waals surface area contributed by atoms with Gasteiger partial charge >= 0.3 is 0 Å². The summed E-state index contributed by atoms with van der Waals surface area (Å²) in [7, 11) is 1.72. The number of rotatable bonds is 3. The molecule has 6 heteroatoms. The van der Waals surface area contributed by atoms with Crippen molar-refractivity contribution in [2.75, 3.05) is 7.05 Å². The third kappa shape index (κ3) is 4.13. The van der Waals surface area contributed by atoms with E-state index in [0.29, 0.717) is 31.6 Å². The van der Waals surface area contributed by atoms with Crippen LogP contribution in [-0.2, 0) is 6.54 Å². The Hall–Kier alpha value is -0.740. The van der Waals surface area contributed by atoms with Crippen LogP contribution in [0.4, 0.5) is 0 Å². The van der Waals surface area contributed by atoms with Gasteiger partial charge in [0.15, 0.2) is 0 Å². The summed E-state index contributed by atoms with van der Waals surface area (Å²) in [5.74, 6) is -0.121. The Morgan fingerprint density at radius 1 is 1.10 bits per heavy atom. The average Bonchev–Trinajstić information content (AvgIpc) is 2.41. The summed E-state index contributed by atoms with van der Waals surface area (Å²) < 4.78 is 0.661. The van der Waals surface area contributed by atoms with E-state index in [9.17, 15) is 4.79 Å². The Bertz CT molecular complexity index is 691. The second kappa shape index (κ2) is 7.01. The molecule has 0 aromatic heterocycles. The van der Waals surface area contributed by atoms with Gasteiger partial charge in [-0.2, -0.15) is 0 Å². The van der Waals surface area contributed by atoms with Crippen LogP contribution in [0.3, 0.4) is 0 Å². The number of halogens is 4. The lowest BCUT2D eigenvalue weighted by Crippen LogP contribution is -2.26. The first-order chi connectivity index (χ1) is 9.88. The summed E-state index contributed by atoms with van der Waals surface area (Å²) in [6, 6.07) is 10.3. The van der Waals surface area contributed by atoms with Crippen molar-refractivity contribution in [1.29, 1.82) is 0 Å². The van der Waals surface area contributed by atoms with Crippen molar-refractivity contribution in [2.45, 2.75) is 6.54 Å². The number of benzene rings is 2. The maximum absolute atomic E-state index is 12.4. The summed E-state index contributed by atoms with van der Waals surface area (Å²) in [4.78, 5) is 14.0. The van der Waals surface area contributed by atoms with Gasteiger partial charge in [-0.1, -0.05) is 40.9 Å². The molecule has 2 rings (SSSR count). The molecule has 1 amide bonds. The fourth-order valence-corrected chi connectivity index (χ4v) is 3.17. The SMILES string of the molecule is CN(Cc1ccc(Cl)cc1Cl)C(=O)c1ccc(Cl)cc1Br. The lowest BCUT2D eigenvalue weighted by molar-refractivity contribution is 0.0784. The van der Waals surface area contributed by atoms with Gasteiger partial charge in [0, 0.05) is 33.1 Å². The molecule has 2 nitrogen and oxygen atoms in total. The van der Waals surface area contributed by atoms with Gasteiger partial charge in [-0.15, -0.1) is 0 Å². The molecular weight excluding hydrogens is 396 g/mol. The highest BCUT2D eigenvalue weighted by atomic mass is 79.9. The van der Waals surface area contributed by atoms with Gasteiger partial charge in [0.1, 0.15) is 0 Å². The van der Waals surface area contributed by atoms with E-state index >= 15 is 0 Å². The zero-order chi connectivity index (χ0) is 15.6. The fraction of sp³-hybridized carbons (Fsp3) is 0.133. The molecule has 0 unspecified atom stereocenters. The smallest absolute Gasteiger partial charge is 0.255 e. The minimum atomic E-state index is -0.121. The largest absolute Gasteiger partial charge is 0.337 e. The summed E-state index contributed by atoms with van der Waals surface area (Å²) in [6.07, 6.45) is 0. The van der Waals surface area contributed by atoms with E-state index in [-0.39, 0.29) is 5.91 Å². The van der Waals surface area contributed by atoms with Crippen LogP contribution in [0.2, 0.25) is 15.1 Å². The highest BCUT2D eigenvalue weighted by molar-refractivity contribution is 9.10. The van der Waals surface area contributed by atoms with Crippen LogP contribution in [-0.4, -0.2) is 17.9 Å². The molecule has 0 spiro atoms. The van der Waals surface area contributed by atoms with E-state index in [4.69, 9.17) is 34.8 Å². The van der Waals surface area contributed by atoms with Crippen molar-refractivity contribution >= 4 is 56.6 Å². The van der Waals surface area contributed by atoms with Crippen molar-refractivity contribution in [3.05, 3.63) is 67.1 Å². The third-order valence-corrected chi connectivity index (χ3v) is 4.41. The Morgan fingerprint density at radius 3 is 2.33 bits per heavy atom. The maximum atomic E-state index is 12.4. The predicted octanol–water partition coefficient (Wildman–Crippen LogP) is 5.68. The topological polar surface area (TPSA) is 20.3 Å². The zero-order valence-corrected chi connectivity index (χ0v) is 14.9. The van der Waals surface area contributed by atoms with E-state index in [0.717, 1.165) is 5.56 Å². The molecule has 2 aromatic rings. The molecule has 0 heterocycles. The Balaban J connectivity index is 2.19. The van der Waals surface area contributed by atoms with Crippen molar-refractivity contribution in [3.8, 4) is 0 Å². The zero-order valence-electron chi connectivity index (χ0n) is 11.0. The standard InChI is InChI=1S/C15H11BrCl3NO/c1-20(8-9-2-3-11(18)7-14(9)19)15(21)12-5-4-10(17)6-13(12)16/h2-7H,8H2,1H3. The Morgan fingerprint density at radius 2 is 1.71 bits per heavy atom. The molecule has 0 saturated heterocycles. The molecule has 2 aromatic carbocycles. The normalized spacial score (nSPS) is 10.5. The molecule has 21 heavy (non-hydrogen) atoms. The summed E-state index contributed by atoms with van der Waals surface area (Å²) in [5, 5.41) is 1.68. The van der Waals surface area contributed by atoms with Gasteiger partial charge in [0.25, 0.3) is 5.91 Å². The summed E-state index contributed by atoms with van der Waals surface area (Å²) >= 11 is 21.2. The molecule has 0 atom stereocenters. The molecule has 110 valence electrons. The molecule has 0 N–H and O–H groups in total. The van der Waals surface area contributed by atoms with Crippen LogP contribution in [0.1, 0.15) is 15.9 Å². The highest BCUT2D eigenvalue weighted by Crippen LogP contribution is 2.25. The van der Waals surface area contributed by atoms with Crippen LogP contribution in [0, 0.1) is 0 Å². The van der Waals surface area contributed by atoms with Crippen molar-refractivity contribution in [3.63, 3.8) is 0 Å². The number of carbonyl (C=O) groups is 1. The van der Waals surface area contributed by atoms with Gasteiger partial charge < -0.3 is 4.90 Å². The van der Waals surface area contributed by atoms with E-state index in [1.165, 1.54) is 0 Å². The first kappa shape index (κ1) is 16.6. The van der Waals surface area contributed by atoms with Crippen LogP contribution >= 0.6 is 50.7 Å². The summed E-state index contributed by atoms with van der Waals surface area (Å²) in [5.41, 5.74) is 1.38. The molecule has 0 aliphatic carbocycles. The number of carbonyl (C=O) groups excluding carboxylic acids is 1. The van der Waals surface area contributed by atoms with Crippen molar-refractivity contribution in [2.24, 2.45) is 0 Å². The van der Waals surface area contributed by atoms with Gasteiger partial charge in [0.05, 0.1) is 5.56 Å². The van der Waals surface area contributed by atoms with Gasteiger partial charge in [0.2, 0.25) is 0 Å². The molecule has 0 aliphatic rings. The number of hydrogen-bond acceptors (Lipinski definition) is 1. The number of nitrogens with zero attached hydrogens (tertiary/aromatic N) is 1. The minimum Gasteiger partial charge on any atom is -0.337 e. The van der Waals surface area contributed by atoms with Crippen LogP contribution < -0.4 is 0 Å². The molecule has 0 saturated carbocycles. The molecule has 0 radical (unpaired) electrons. The second-order valence-corrected chi connectivity index (χ2v) is 6.66. The Labute approximate surface area is 146 Å². The quantitative estimate of drug-likeness (QED) is 0.641. The highest BCUT2D eigenvalue weighted by Gasteiger charge is 2.16. The van der Waals surface area contributed by atoms with Gasteiger partial charge in [-0.05, 0) is 51.8 Å². The Kier molecular flexibility index (Phi) is 5.55. The first-order valence-electron chi connectivity index (χ1n) is 6.03. The fourth-order valence-electron chi connectivity index (χ4n) is 1.85. The lowest BCUT2D eigenvalue weighted by Gasteiger charge is -2.19. The molecular formula is C15H11BrCl3NO. The molecule has 0 aliphatic heterocycles. The number of hydrogen-bond donors (Lipinski definition) is 0. The summed E-state index contributed by atoms with van der Waals surface area (Å²) in [6.45, 7) is 0.393. The second-order valence-electron chi connectivity index (χ2n) is 4.52. The van der Waals surface area contributed by atoms with Crippen molar-refractivity contribution < 1.29 is 4.79 Å². The first-order valence-corrected chi connectivity index (χ1v) is 7.95. The molecule has 0 bridgehead atoms. The van der Waals surface area contributed by atoms with Gasteiger partial charge in [-0.25, -0.2) is 0 Å². The van der Waals surface area contributed by atoms with Crippen LogP contribution in [0.5, 0.6) is 0 Å².